The SMILES string of the molecule is CCC(C)NC(C)Cn1ccnc1. The number of nitrogens with one attached hydrogen (secondary N) is 1. The number of imidazole rings is 1. The first-order chi connectivity index (χ1) is 6.22. The van der Waals surface area contributed by atoms with Crippen molar-refractivity contribution in [3.8, 4) is 0 Å². The van der Waals surface area contributed by atoms with Gasteiger partial charge in [-0.2, -0.15) is 0 Å². The van der Waals surface area contributed by atoms with Gasteiger partial charge in [0.1, 0.15) is 0 Å². The lowest BCUT2D eigenvalue weighted by Crippen LogP contribution is -2.36. The van der Waals surface area contributed by atoms with E-state index in [4.69, 9.17) is 0 Å². The molecule has 0 amide bonds. The maximum Gasteiger partial charge on any atom is 0.0946 e. The van der Waals surface area contributed by atoms with Crippen molar-refractivity contribution in [1.82, 2.24) is 14.9 Å². The van der Waals surface area contributed by atoms with Crippen LogP contribution in [0.25, 0.3) is 0 Å². The molecule has 0 fully saturated rings. The minimum atomic E-state index is 0.504. The predicted octanol–water partition coefficient (Wildman–Crippen LogP) is 1.66. The smallest absolute Gasteiger partial charge is 0.0946 e. The van der Waals surface area contributed by atoms with Crippen LogP contribution in [0.5, 0.6) is 0 Å². The third-order valence-electron chi connectivity index (χ3n) is 2.23. The monoisotopic (exact) mass is 181 g/mol. The normalized spacial score (nSPS) is 15.6. The van der Waals surface area contributed by atoms with Gasteiger partial charge in [0.05, 0.1) is 6.33 Å². The Morgan fingerprint density at radius 2 is 2.15 bits per heavy atom. The number of aromatic nitrogens is 2. The minimum Gasteiger partial charge on any atom is -0.336 e. The molecule has 0 radical (unpaired) electrons. The summed E-state index contributed by atoms with van der Waals surface area (Å²) in [4.78, 5) is 4.01. The van der Waals surface area contributed by atoms with Crippen LogP contribution in [0.2, 0.25) is 0 Å². The Bertz CT molecular complexity index is 218. The molecular formula is C10H19N3. The van der Waals surface area contributed by atoms with Crippen LogP contribution in [0.3, 0.4) is 0 Å². The quantitative estimate of drug-likeness (QED) is 0.748. The van der Waals surface area contributed by atoms with Crippen molar-refractivity contribution < 1.29 is 0 Å². The molecule has 13 heavy (non-hydrogen) atoms. The number of nitrogens with zero attached hydrogens (tertiary/aromatic N) is 2. The van der Waals surface area contributed by atoms with Gasteiger partial charge in [-0.15, -0.1) is 0 Å². The van der Waals surface area contributed by atoms with Gasteiger partial charge >= 0.3 is 0 Å². The highest BCUT2D eigenvalue weighted by Crippen LogP contribution is 1.95. The van der Waals surface area contributed by atoms with E-state index in [1.165, 1.54) is 6.42 Å². The maximum absolute atomic E-state index is 4.01. The van der Waals surface area contributed by atoms with Crippen molar-refractivity contribution >= 4 is 0 Å². The Kier molecular flexibility index (Phi) is 3.96. The van der Waals surface area contributed by atoms with Gasteiger partial charge in [0.15, 0.2) is 0 Å². The van der Waals surface area contributed by atoms with Crippen LogP contribution in [0.1, 0.15) is 27.2 Å². The fraction of sp³-hybridized carbons (Fsp3) is 0.700. The standard InChI is InChI=1S/C10H19N3/c1-4-9(2)12-10(3)7-13-6-5-11-8-13/h5-6,8-10,12H,4,7H2,1-3H3. The van der Waals surface area contributed by atoms with Crippen LogP contribution in [0.4, 0.5) is 0 Å². The Morgan fingerprint density at radius 3 is 2.69 bits per heavy atom. The second-order valence-corrected chi connectivity index (χ2v) is 3.64. The Morgan fingerprint density at radius 1 is 1.38 bits per heavy atom. The first-order valence-electron chi connectivity index (χ1n) is 4.94. The second kappa shape index (κ2) is 5.02. The van der Waals surface area contributed by atoms with Crippen molar-refractivity contribution in [3.63, 3.8) is 0 Å². The molecule has 2 unspecified atom stereocenters. The summed E-state index contributed by atoms with van der Waals surface area (Å²) in [6.07, 6.45) is 6.84. The minimum absolute atomic E-state index is 0.504. The molecule has 1 heterocycles. The summed E-state index contributed by atoms with van der Waals surface area (Å²) in [5.74, 6) is 0. The summed E-state index contributed by atoms with van der Waals surface area (Å²) in [5.41, 5.74) is 0. The zero-order valence-corrected chi connectivity index (χ0v) is 8.70. The number of rotatable bonds is 5. The van der Waals surface area contributed by atoms with Gasteiger partial charge in [-0.25, -0.2) is 4.98 Å². The van der Waals surface area contributed by atoms with Crippen LogP contribution >= 0.6 is 0 Å². The molecule has 0 aliphatic carbocycles. The van der Waals surface area contributed by atoms with E-state index in [-0.39, 0.29) is 0 Å². The largest absolute Gasteiger partial charge is 0.336 e. The van der Waals surface area contributed by atoms with E-state index in [0.29, 0.717) is 12.1 Å². The van der Waals surface area contributed by atoms with Crippen LogP contribution in [-0.4, -0.2) is 21.6 Å². The molecule has 0 aliphatic rings. The highest BCUT2D eigenvalue weighted by Gasteiger charge is 2.05. The Balaban J connectivity index is 2.29. The highest BCUT2D eigenvalue weighted by molar-refractivity contribution is 4.77. The maximum atomic E-state index is 4.01. The summed E-state index contributed by atoms with van der Waals surface area (Å²) in [6.45, 7) is 7.60. The Hall–Kier alpha value is -0.830. The van der Waals surface area contributed by atoms with Gasteiger partial charge in [-0.1, -0.05) is 6.92 Å². The van der Waals surface area contributed by atoms with Crippen LogP contribution in [-0.2, 0) is 6.54 Å². The molecule has 1 rings (SSSR count). The molecule has 0 spiro atoms. The van der Waals surface area contributed by atoms with E-state index < -0.39 is 0 Å². The van der Waals surface area contributed by atoms with E-state index in [1.807, 2.05) is 18.7 Å². The number of hydrogen-bond donors (Lipinski definition) is 1. The van der Waals surface area contributed by atoms with Crippen molar-refractivity contribution in [3.05, 3.63) is 18.7 Å². The highest BCUT2D eigenvalue weighted by atomic mass is 15.1. The molecule has 2 atom stereocenters. The zero-order valence-electron chi connectivity index (χ0n) is 8.70. The van der Waals surface area contributed by atoms with Crippen LogP contribution in [0.15, 0.2) is 18.7 Å². The molecular weight excluding hydrogens is 162 g/mol. The molecule has 3 nitrogen and oxygen atoms in total. The van der Waals surface area contributed by atoms with E-state index >= 15 is 0 Å². The molecule has 0 saturated carbocycles. The Labute approximate surface area is 80.2 Å². The van der Waals surface area contributed by atoms with Gasteiger partial charge in [-0.05, 0) is 20.3 Å². The van der Waals surface area contributed by atoms with Gasteiger partial charge in [0.25, 0.3) is 0 Å². The lowest BCUT2D eigenvalue weighted by molar-refractivity contribution is 0.416. The predicted molar refractivity (Wildman–Crippen MR) is 54.6 cm³/mol. The van der Waals surface area contributed by atoms with Gasteiger partial charge in [0.2, 0.25) is 0 Å². The van der Waals surface area contributed by atoms with Crippen molar-refractivity contribution in [2.75, 3.05) is 0 Å². The van der Waals surface area contributed by atoms with E-state index in [1.54, 1.807) is 0 Å². The summed E-state index contributed by atoms with van der Waals surface area (Å²) < 4.78 is 2.10. The molecule has 3 heteroatoms. The van der Waals surface area contributed by atoms with E-state index in [9.17, 15) is 0 Å². The molecule has 1 N–H and O–H groups in total. The summed E-state index contributed by atoms with van der Waals surface area (Å²) in [6, 6.07) is 1.10. The van der Waals surface area contributed by atoms with Crippen LogP contribution < -0.4 is 5.32 Å². The molecule has 0 saturated heterocycles. The molecule has 0 aliphatic heterocycles. The first-order valence-corrected chi connectivity index (χ1v) is 4.94. The summed E-state index contributed by atoms with van der Waals surface area (Å²) >= 11 is 0. The third kappa shape index (κ3) is 3.59. The van der Waals surface area contributed by atoms with Crippen molar-refractivity contribution in [1.29, 1.82) is 0 Å². The molecule has 0 aromatic carbocycles. The lowest BCUT2D eigenvalue weighted by Gasteiger charge is -2.18. The topological polar surface area (TPSA) is 29.9 Å². The van der Waals surface area contributed by atoms with E-state index in [2.05, 4.69) is 35.6 Å². The second-order valence-electron chi connectivity index (χ2n) is 3.64. The van der Waals surface area contributed by atoms with Gasteiger partial charge < -0.3 is 9.88 Å². The van der Waals surface area contributed by atoms with Gasteiger partial charge in [0, 0.05) is 31.0 Å². The molecule has 74 valence electrons. The fourth-order valence-corrected chi connectivity index (χ4v) is 1.37. The number of hydrogen-bond acceptors (Lipinski definition) is 2. The van der Waals surface area contributed by atoms with E-state index in [0.717, 1.165) is 6.54 Å². The van der Waals surface area contributed by atoms with Gasteiger partial charge in [-0.3, -0.25) is 0 Å². The average molecular weight is 181 g/mol. The molecule has 0 bridgehead atoms. The van der Waals surface area contributed by atoms with Crippen molar-refractivity contribution in [2.45, 2.75) is 45.8 Å². The summed E-state index contributed by atoms with van der Waals surface area (Å²) in [5, 5.41) is 3.52. The van der Waals surface area contributed by atoms with Crippen LogP contribution in [0, 0.1) is 0 Å². The van der Waals surface area contributed by atoms with Crippen molar-refractivity contribution in [2.24, 2.45) is 0 Å². The third-order valence-corrected chi connectivity index (χ3v) is 2.23. The fourth-order valence-electron chi connectivity index (χ4n) is 1.37. The lowest BCUT2D eigenvalue weighted by atomic mass is 10.2. The first kappa shape index (κ1) is 10.3. The molecule has 1 aromatic heterocycles. The zero-order chi connectivity index (χ0) is 9.68. The molecule has 1 aromatic rings. The average Bonchev–Trinajstić information content (AvgIpc) is 2.56. The summed E-state index contributed by atoms with van der Waals surface area (Å²) in [7, 11) is 0.